The average molecular weight is 298 g/mol. The quantitative estimate of drug-likeness (QED) is 0.885. The van der Waals surface area contributed by atoms with E-state index >= 15 is 0 Å². The molecule has 1 amide bonds. The number of rotatable bonds is 4. The Hall–Kier alpha value is -1.69. The molecule has 0 aromatic carbocycles. The number of carboxylic acid groups (broad SMARTS) is 1. The average Bonchev–Trinajstić information content (AvgIpc) is 2.46. The third-order valence-electron chi connectivity index (χ3n) is 3.70. The minimum absolute atomic E-state index is 0.117. The molecule has 1 saturated carbocycles. The zero-order valence-corrected chi connectivity index (χ0v) is 11.7. The van der Waals surface area contributed by atoms with Gasteiger partial charge in [0.15, 0.2) is 0 Å². The van der Waals surface area contributed by atoms with Crippen molar-refractivity contribution in [2.45, 2.75) is 32.1 Å². The largest absolute Gasteiger partial charge is 0.481 e. The molecule has 0 unspecified atom stereocenters. The molecule has 108 valence electrons. The number of aromatic nitrogens is 2. The van der Waals surface area contributed by atoms with Gasteiger partial charge in [-0.3, -0.25) is 9.59 Å². The minimum Gasteiger partial charge on any atom is -0.481 e. The van der Waals surface area contributed by atoms with Crippen LogP contribution in [0.15, 0.2) is 12.4 Å². The van der Waals surface area contributed by atoms with E-state index in [2.05, 4.69) is 15.3 Å². The summed E-state index contributed by atoms with van der Waals surface area (Å²) in [5.41, 5.74) is -0.723. The monoisotopic (exact) mass is 297 g/mol. The molecule has 1 aliphatic carbocycles. The second-order valence-electron chi connectivity index (χ2n) is 5.05. The highest BCUT2D eigenvalue weighted by Crippen LogP contribution is 2.36. The lowest BCUT2D eigenvalue weighted by Crippen LogP contribution is -2.44. The Balaban J connectivity index is 2.00. The standard InChI is InChI=1S/C13H16ClN3O3/c14-10-7-15-9(6-16-10)11(18)17-8-13(12(19)20)4-2-1-3-5-13/h6-7H,1-5,8H2,(H,17,18)(H,19,20). The van der Waals surface area contributed by atoms with Crippen LogP contribution in [-0.4, -0.2) is 33.5 Å². The van der Waals surface area contributed by atoms with Gasteiger partial charge in [-0.2, -0.15) is 0 Å². The molecular weight excluding hydrogens is 282 g/mol. The van der Waals surface area contributed by atoms with E-state index in [9.17, 15) is 14.7 Å². The maximum absolute atomic E-state index is 11.9. The van der Waals surface area contributed by atoms with Gasteiger partial charge in [0.2, 0.25) is 0 Å². The van der Waals surface area contributed by atoms with Gasteiger partial charge in [-0.1, -0.05) is 30.9 Å². The number of amides is 1. The Kier molecular flexibility index (Phi) is 4.54. The van der Waals surface area contributed by atoms with Gasteiger partial charge < -0.3 is 10.4 Å². The van der Waals surface area contributed by atoms with E-state index in [0.29, 0.717) is 12.8 Å². The maximum Gasteiger partial charge on any atom is 0.311 e. The number of carboxylic acids is 1. The van der Waals surface area contributed by atoms with E-state index < -0.39 is 17.3 Å². The van der Waals surface area contributed by atoms with E-state index in [4.69, 9.17) is 11.6 Å². The lowest BCUT2D eigenvalue weighted by atomic mass is 9.74. The maximum atomic E-state index is 11.9. The van der Waals surface area contributed by atoms with Crippen molar-refractivity contribution in [1.29, 1.82) is 0 Å². The van der Waals surface area contributed by atoms with Crippen LogP contribution in [0, 0.1) is 5.41 Å². The van der Waals surface area contributed by atoms with Crippen LogP contribution in [0.25, 0.3) is 0 Å². The van der Waals surface area contributed by atoms with E-state index in [1.165, 1.54) is 12.4 Å². The van der Waals surface area contributed by atoms with Gasteiger partial charge in [-0.15, -0.1) is 0 Å². The first-order chi connectivity index (χ1) is 9.53. The minimum atomic E-state index is -0.853. The molecule has 1 aliphatic rings. The third-order valence-corrected chi connectivity index (χ3v) is 3.90. The Labute approximate surface area is 121 Å². The first kappa shape index (κ1) is 14.7. The first-order valence-corrected chi connectivity index (χ1v) is 6.90. The number of halogens is 1. The number of hydrogen-bond acceptors (Lipinski definition) is 4. The molecule has 1 aromatic rings. The van der Waals surface area contributed by atoms with Gasteiger partial charge in [0, 0.05) is 6.54 Å². The lowest BCUT2D eigenvalue weighted by Gasteiger charge is -2.33. The zero-order valence-electron chi connectivity index (χ0n) is 10.9. The van der Waals surface area contributed by atoms with E-state index in [1.807, 2.05) is 0 Å². The summed E-state index contributed by atoms with van der Waals surface area (Å²) < 4.78 is 0. The SMILES string of the molecule is O=C(NCC1(C(=O)O)CCCCC1)c1cnc(Cl)cn1. The third kappa shape index (κ3) is 3.25. The van der Waals surface area contributed by atoms with Gasteiger partial charge in [0.1, 0.15) is 10.8 Å². The van der Waals surface area contributed by atoms with Crippen LogP contribution in [0.1, 0.15) is 42.6 Å². The van der Waals surface area contributed by atoms with Crippen LogP contribution in [0.4, 0.5) is 0 Å². The van der Waals surface area contributed by atoms with Crippen LogP contribution in [0.5, 0.6) is 0 Å². The molecule has 1 fully saturated rings. The fourth-order valence-corrected chi connectivity index (χ4v) is 2.56. The number of carbonyl (C=O) groups is 2. The van der Waals surface area contributed by atoms with E-state index in [1.54, 1.807) is 0 Å². The molecule has 1 heterocycles. The summed E-state index contributed by atoms with van der Waals surface area (Å²) in [5, 5.41) is 12.3. The van der Waals surface area contributed by atoms with Crippen LogP contribution >= 0.6 is 11.6 Å². The highest BCUT2D eigenvalue weighted by molar-refractivity contribution is 6.29. The predicted octanol–water partition coefficient (Wildman–Crippen LogP) is 1.89. The zero-order chi connectivity index (χ0) is 14.6. The summed E-state index contributed by atoms with van der Waals surface area (Å²) in [5.74, 6) is -1.28. The van der Waals surface area contributed by atoms with Gasteiger partial charge in [-0.25, -0.2) is 9.97 Å². The number of aliphatic carboxylic acids is 1. The Morgan fingerprint density at radius 3 is 2.50 bits per heavy atom. The molecule has 0 radical (unpaired) electrons. The Morgan fingerprint density at radius 1 is 1.25 bits per heavy atom. The molecule has 2 rings (SSSR count). The summed E-state index contributed by atoms with van der Waals surface area (Å²) in [6.45, 7) is 0.117. The summed E-state index contributed by atoms with van der Waals surface area (Å²) in [6, 6.07) is 0. The van der Waals surface area contributed by atoms with E-state index in [0.717, 1.165) is 19.3 Å². The van der Waals surface area contributed by atoms with Crippen molar-refractivity contribution in [1.82, 2.24) is 15.3 Å². The fourth-order valence-electron chi connectivity index (χ4n) is 2.46. The normalized spacial score (nSPS) is 17.4. The number of hydrogen-bond donors (Lipinski definition) is 2. The summed E-state index contributed by atoms with van der Waals surface area (Å²) in [7, 11) is 0. The van der Waals surface area contributed by atoms with Crippen molar-refractivity contribution < 1.29 is 14.7 Å². The molecule has 0 bridgehead atoms. The summed E-state index contributed by atoms with van der Waals surface area (Å²) >= 11 is 5.60. The summed E-state index contributed by atoms with van der Waals surface area (Å²) in [6.07, 6.45) is 6.54. The summed E-state index contributed by atoms with van der Waals surface area (Å²) in [4.78, 5) is 31.0. The highest BCUT2D eigenvalue weighted by Gasteiger charge is 2.39. The molecule has 1 aromatic heterocycles. The predicted molar refractivity (Wildman–Crippen MR) is 72.5 cm³/mol. The van der Waals surface area contributed by atoms with Crippen molar-refractivity contribution in [3.8, 4) is 0 Å². The fraction of sp³-hybridized carbons (Fsp3) is 0.538. The first-order valence-electron chi connectivity index (χ1n) is 6.53. The van der Waals surface area contributed by atoms with Crippen LogP contribution < -0.4 is 5.32 Å². The Morgan fingerprint density at radius 2 is 1.95 bits per heavy atom. The molecule has 2 N–H and O–H groups in total. The second kappa shape index (κ2) is 6.17. The van der Waals surface area contributed by atoms with E-state index in [-0.39, 0.29) is 17.4 Å². The highest BCUT2D eigenvalue weighted by atomic mass is 35.5. The molecule has 7 heteroatoms. The molecule has 20 heavy (non-hydrogen) atoms. The van der Waals surface area contributed by atoms with Crippen molar-refractivity contribution >= 4 is 23.5 Å². The van der Waals surface area contributed by atoms with Gasteiger partial charge in [0.25, 0.3) is 5.91 Å². The van der Waals surface area contributed by atoms with Crippen molar-refractivity contribution in [3.05, 3.63) is 23.2 Å². The van der Waals surface area contributed by atoms with Crippen LogP contribution in [0.3, 0.4) is 0 Å². The number of nitrogens with one attached hydrogen (secondary N) is 1. The van der Waals surface area contributed by atoms with Crippen molar-refractivity contribution in [2.24, 2.45) is 5.41 Å². The lowest BCUT2D eigenvalue weighted by molar-refractivity contribution is -0.150. The van der Waals surface area contributed by atoms with Crippen LogP contribution in [-0.2, 0) is 4.79 Å². The topological polar surface area (TPSA) is 92.2 Å². The van der Waals surface area contributed by atoms with Crippen molar-refractivity contribution in [2.75, 3.05) is 6.54 Å². The molecule has 0 spiro atoms. The molecule has 0 saturated heterocycles. The molecular formula is C13H16ClN3O3. The Bertz CT molecular complexity index is 498. The van der Waals surface area contributed by atoms with Crippen LogP contribution in [0.2, 0.25) is 5.15 Å². The molecule has 0 atom stereocenters. The smallest absolute Gasteiger partial charge is 0.311 e. The van der Waals surface area contributed by atoms with Gasteiger partial charge in [0.05, 0.1) is 17.8 Å². The van der Waals surface area contributed by atoms with Gasteiger partial charge >= 0.3 is 5.97 Å². The van der Waals surface area contributed by atoms with Gasteiger partial charge in [-0.05, 0) is 12.8 Å². The molecule has 0 aliphatic heterocycles. The number of carbonyl (C=O) groups excluding carboxylic acids is 1. The molecule has 6 nitrogen and oxygen atoms in total. The number of nitrogens with zero attached hydrogens (tertiary/aromatic N) is 2. The van der Waals surface area contributed by atoms with Crippen molar-refractivity contribution in [3.63, 3.8) is 0 Å². The second-order valence-corrected chi connectivity index (χ2v) is 5.44.